The van der Waals surface area contributed by atoms with Crippen molar-refractivity contribution in [3.63, 3.8) is 0 Å². The Labute approximate surface area is 115 Å². The second kappa shape index (κ2) is 7.62. The summed E-state index contributed by atoms with van der Waals surface area (Å²) in [4.78, 5) is 2.19. The van der Waals surface area contributed by atoms with E-state index in [2.05, 4.69) is 18.7 Å². The zero-order valence-electron chi connectivity index (χ0n) is 11.2. The third-order valence-corrected chi connectivity index (χ3v) is 3.61. The molecule has 0 aliphatic heterocycles. The van der Waals surface area contributed by atoms with Gasteiger partial charge in [0.05, 0.1) is 17.3 Å². The van der Waals surface area contributed by atoms with Crippen molar-refractivity contribution in [1.82, 2.24) is 0 Å². The number of para-hydroxylation sites is 1. The summed E-state index contributed by atoms with van der Waals surface area (Å²) in [6, 6.07) is 6.16. The highest BCUT2D eigenvalue weighted by Gasteiger charge is 2.20. The summed E-state index contributed by atoms with van der Waals surface area (Å²) in [6.07, 6.45) is 2.04. The van der Waals surface area contributed by atoms with E-state index in [0.717, 1.165) is 24.1 Å². The smallest absolute Gasteiger partial charge is 0.0643 e. The van der Waals surface area contributed by atoms with Crippen LogP contribution < -0.4 is 10.6 Å². The van der Waals surface area contributed by atoms with Gasteiger partial charge >= 0.3 is 0 Å². The van der Waals surface area contributed by atoms with Gasteiger partial charge < -0.3 is 15.7 Å². The van der Waals surface area contributed by atoms with E-state index in [9.17, 15) is 5.11 Å². The third-order valence-electron chi connectivity index (χ3n) is 3.30. The molecule has 18 heavy (non-hydrogen) atoms. The fraction of sp³-hybridized carbons (Fsp3) is 0.571. The van der Waals surface area contributed by atoms with Gasteiger partial charge in [-0.3, -0.25) is 0 Å². The van der Waals surface area contributed by atoms with Crippen LogP contribution in [-0.2, 0) is 6.54 Å². The summed E-state index contributed by atoms with van der Waals surface area (Å²) in [5.74, 6) is 0. The number of anilines is 1. The van der Waals surface area contributed by atoms with Crippen molar-refractivity contribution in [2.24, 2.45) is 5.73 Å². The molecule has 0 heterocycles. The Morgan fingerprint density at radius 1 is 1.33 bits per heavy atom. The molecule has 3 nitrogen and oxygen atoms in total. The van der Waals surface area contributed by atoms with Crippen LogP contribution in [0.25, 0.3) is 0 Å². The van der Waals surface area contributed by atoms with Gasteiger partial charge in [-0.2, -0.15) is 0 Å². The average molecular weight is 271 g/mol. The van der Waals surface area contributed by atoms with Crippen molar-refractivity contribution in [1.29, 1.82) is 0 Å². The summed E-state index contributed by atoms with van der Waals surface area (Å²) in [6.45, 7) is 5.46. The number of halogens is 1. The molecular formula is C14H23ClN2O. The Bertz CT molecular complexity index is 367. The molecule has 0 spiro atoms. The van der Waals surface area contributed by atoms with Crippen LogP contribution in [-0.4, -0.2) is 24.3 Å². The first-order valence-electron chi connectivity index (χ1n) is 6.54. The first-order chi connectivity index (χ1) is 8.69. The van der Waals surface area contributed by atoms with Crippen LogP contribution in [0.4, 0.5) is 5.69 Å². The predicted molar refractivity (Wildman–Crippen MR) is 78.1 cm³/mol. The normalized spacial score (nSPS) is 11.0. The van der Waals surface area contributed by atoms with Gasteiger partial charge in [-0.05, 0) is 24.5 Å². The molecule has 0 aliphatic rings. The lowest BCUT2D eigenvalue weighted by atomic mass is 10.1. The van der Waals surface area contributed by atoms with Crippen LogP contribution in [0.1, 0.15) is 32.3 Å². The molecule has 1 aromatic carbocycles. The molecule has 102 valence electrons. The lowest BCUT2D eigenvalue weighted by Gasteiger charge is -2.34. The highest BCUT2D eigenvalue weighted by atomic mass is 35.5. The Morgan fingerprint density at radius 3 is 2.50 bits per heavy atom. The maximum absolute atomic E-state index is 9.28. The fourth-order valence-corrected chi connectivity index (χ4v) is 2.66. The number of hydrogen-bond acceptors (Lipinski definition) is 3. The molecule has 3 N–H and O–H groups in total. The standard InChI is InChI=1S/C14H23ClN2O/c1-3-12(4-2)17(8-9-18)14-11(10-16)6-5-7-13(14)15/h5-7,12,18H,3-4,8-10,16H2,1-2H3. The highest BCUT2D eigenvalue weighted by Crippen LogP contribution is 2.32. The van der Waals surface area contributed by atoms with E-state index in [0.29, 0.717) is 24.2 Å². The average Bonchev–Trinajstić information content (AvgIpc) is 2.39. The summed E-state index contributed by atoms with van der Waals surface area (Å²) in [7, 11) is 0. The van der Waals surface area contributed by atoms with Gasteiger partial charge in [0.1, 0.15) is 0 Å². The molecule has 0 radical (unpaired) electrons. The highest BCUT2D eigenvalue weighted by molar-refractivity contribution is 6.33. The molecular weight excluding hydrogens is 248 g/mol. The van der Waals surface area contributed by atoms with E-state index in [1.165, 1.54) is 0 Å². The molecule has 1 rings (SSSR count). The molecule has 0 atom stereocenters. The van der Waals surface area contributed by atoms with Crippen LogP contribution in [0.2, 0.25) is 5.02 Å². The molecule has 4 heteroatoms. The number of aliphatic hydroxyl groups excluding tert-OH is 1. The minimum absolute atomic E-state index is 0.117. The number of rotatable bonds is 7. The van der Waals surface area contributed by atoms with Crippen LogP contribution in [0.5, 0.6) is 0 Å². The van der Waals surface area contributed by atoms with Gasteiger partial charge in [0, 0.05) is 19.1 Å². The zero-order valence-corrected chi connectivity index (χ0v) is 12.0. The Balaban J connectivity index is 3.19. The molecule has 0 unspecified atom stereocenters. The number of nitrogens with two attached hydrogens (primary N) is 1. The molecule has 0 saturated carbocycles. The quantitative estimate of drug-likeness (QED) is 0.801. The van der Waals surface area contributed by atoms with E-state index in [4.69, 9.17) is 17.3 Å². The SMILES string of the molecule is CCC(CC)N(CCO)c1c(Cl)cccc1CN. The lowest BCUT2D eigenvalue weighted by molar-refractivity contribution is 0.296. The molecule has 0 aromatic heterocycles. The zero-order chi connectivity index (χ0) is 13.5. The number of nitrogens with zero attached hydrogens (tertiary/aromatic N) is 1. The third kappa shape index (κ3) is 3.37. The van der Waals surface area contributed by atoms with Crippen molar-refractivity contribution < 1.29 is 5.11 Å². The first-order valence-corrected chi connectivity index (χ1v) is 6.92. The van der Waals surface area contributed by atoms with Crippen molar-refractivity contribution in [2.75, 3.05) is 18.1 Å². The van der Waals surface area contributed by atoms with Crippen LogP contribution >= 0.6 is 11.6 Å². The molecule has 1 aromatic rings. The van der Waals surface area contributed by atoms with Crippen molar-refractivity contribution >= 4 is 17.3 Å². The number of aliphatic hydroxyl groups is 1. The van der Waals surface area contributed by atoms with Crippen molar-refractivity contribution in [3.05, 3.63) is 28.8 Å². The van der Waals surface area contributed by atoms with Crippen LogP contribution in [0, 0.1) is 0 Å². The summed E-state index contributed by atoms with van der Waals surface area (Å²) in [5.41, 5.74) is 7.80. The topological polar surface area (TPSA) is 49.5 Å². The Kier molecular flexibility index (Phi) is 6.47. The van der Waals surface area contributed by atoms with E-state index in [-0.39, 0.29) is 6.61 Å². The first kappa shape index (κ1) is 15.3. The maximum Gasteiger partial charge on any atom is 0.0643 e. The number of hydrogen-bond donors (Lipinski definition) is 2. The number of benzene rings is 1. The molecule has 0 amide bonds. The van der Waals surface area contributed by atoms with Crippen molar-refractivity contribution in [3.8, 4) is 0 Å². The second-order valence-corrected chi connectivity index (χ2v) is 4.75. The summed E-state index contributed by atoms with van der Waals surface area (Å²) < 4.78 is 0. The van der Waals surface area contributed by atoms with Crippen LogP contribution in [0.15, 0.2) is 18.2 Å². The largest absolute Gasteiger partial charge is 0.395 e. The predicted octanol–water partition coefficient (Wildman–Crippen LogP) is 2.79. The van der Waals surface area contributed by atoms with Gasteiger partial charge in [0.2, 0.25) is 0 Å². The molecule has 0 saturated heterocycles. The Hall–Kier alpha value is -0.770. The minimum atomic E-state index is 0.117. The molecule has 0 aliphatic carbocycles. The van der Waals surface area contributed by atoms with E-state index >= 15 is 0 Å². The maximum atomic E-state index is 9.28. The van der Waals surface area contributed by atoms with Crippen molar-refractivity contribution in [2.45, 2.75) is 39.3 Å². The van der Waals surface area contributed by atoms with Gasteiger partial charge in [0.25, 0.3) is 0 Å². The lowest BCUT2D eigenvalue weighted by Crippen LogP contribution is -2.37. The monoisotopic (exact) mass is 270 g/mol. The molecule has 0 bridgehead atoms. The van der Waals surface area contributed by atoms with Gasteiger partial charge in [-0.1, -0.05) is 37.6 Å². The van der Waals surface area contributed by atoms with Crippen LogP contribution in [0.3, 0.4) is 0 Å². The second-order valence-electron chi connectivity index (χ2n) is 4.34. The summed E-state index contributed by atoms with van der Waals surface area (Å²) >= 11 is 6.32. The Morgan fingerprint density at radius 2 is 2.00 bits per heavy atom. The fourth-order valence-electron chi connectivity index (χ4n) is 2.36. The van der Waals surface area contributed by atoms with Gasteiger partial charge in [0.15, 0.2) is 0 Å². The summed E-state index contributed by atoms with van der Waals surface area (Å²) in [5, 5.41) is 9.98. The van der Waals surface area contributed by atoms with Gasteiger partial charge in [-0.25, -0.2) is 0 Å². The molecule has 0 fully saturated rings. The van der Waals surface area contributed by atoms with Gasteiger partial charge in [-0.15, -0.1) is 0 Å². The minimum Gasteiger partial charge on any atom is -0.395 e. The van der Waals surface area contributed by atoms with E-state index in [1.54, 1.807) is 0 Å². The van der Waals surface area contributed by atoms with E-state index < -0.39 is 0 Å². The van der Waals surface area contributed by atoms with E-state index in [1.807, 2.05) is 18.2 Å².